The third kappa shape index (κ3) is 5.68. The molecular weight excluding hydrogens is 220 g/mol. The zero-order chi connectivity index (χ0) is 13.6. The quantitative estimate of drug-likeness (QED) is 0.701. The Hall–Kier alpha value is -1.10. The van der Waals surface area contributed by atoms with Crippen molar-refractivity contribution in [1.82, 2.24) is 4.90 Å². The zero-order valence-corrected chi connectivity index (χ0v) is 11.1. The summed E-state index contributed by atoms with van der Waals surface area (Å²) in [5, 5.41) is 8.82. The van der Waals surface area contributed by atoms with E-state index in [2.05, 4.69) is 0 Å². The minimum absolute atomic E-state index is 0.121. The highest BCUT2D eigenvalue weighted by Crippen LogP contribution is 2.13. The predicted molar refractivity (Wildman–Crippen MR) is 66.5 cm³/mol. The van der Waals surface area contributed by atoms with Gasteiger partial charge in [0.2, 0.25) is 5.91 Å². The van der Waals surface area contributed by atoms with Gasteiger partial charge in [-0.05, 0) is 26.7 Å². The lowest BCUT2D eigenvalue weighted by atomic mass is 10.0. The molecule has 0 aromatic heterocycles. The van der Waals surface area contributed by atoms with Gasteiger partial charge in [0, 0.05) is 19.0 Å². The molecular formula is C12H24N2O3. The molecule has 3 N–H and O–H groups in total. The Labute approximate surface area is 103 Å². The normalized spacial score (nSPS) is 16.1. The smallest absolute Gasteiger partial charge is 0.326 e. The van der Waals surface area contributed by atoms with Gasteiger partial charge in [0.1, 0.15) is 6.04 Å². The van der Waals surface area contributed by atoms with E-state index in [-0.39, 0.29) is 17.9 Å². The molecule has 0 heterocycles. The van der Waals surface area contributed by atoms with Crippen LogP contribution in [0.25, 0.3) is 0 Å². The highest BCUT2D eigenvalue weighted by atomic mass is 16.4. The first kappa shape index (κ1) is 15.9. The van der Waals surface area contributed by atoms with Crippen LogP contribution in [-0.2, 0) is 9.59 Å². The number of nitrogens with zero attached hydrogens (tertiary/aromatic N) is 1. The van der Waals surface area contributed by atoms with Crippen LogP contribution in [-0.4, -0.2) is 41.0 Å². The molecule has 0 saturated heterocycles. The lowest BCUT2D eigenvalue weighted by molar-refractivity contribution is -0.149. The van der Waals surface area contributed by atoms with Crippen LogP contribution >= 0.6 is 0 Å². The van der Waals surface area contributed by atoms with E-state index in [9.17, 15) is 9.59 Å². The maximum Gasteiger partial charge on any atom is 0.326 e. The van der Waals surface area contributed by atoms with Gasteiger partial charge >= 0.3 is 5.97 Å². The summed E-state index contributed by atoms with van der Waals surface area (Å²) in [6.45, 7) is 5.27. The Balaban J connectivity index is 4.16. The summed E-state index contributed by atoms with van der Waals surface area (Å²) in [6, 6.07) is -0.633. The fourth-order valence-electron chi connectivity index (χ4n) is 1.57. The molecule has 17 heavy (non-hydrogen) atoms. The van der Waals surface area contributed by atoms with Crippen molar-refractivity contribution in [2.45, 2.75) is 52.1 Å². The lowest BCUT2D eigenvalue weighted by Gasteiger charge is -2.25. The number of rotatable bonds is 7. The van der Waals surface area contributed by atoms with E-state index in [1.165, 1.54) is 18.9 Å². The van der Waals surface area contributed by atoms with Gasteiger partial charge in [-0.15, -0.1) is 0 Å². The van der Waals surface area contributed by atoms with Crippen molar-refractivity contribution in [2.75, 3.05) is 7.05 Å². The Morgan fingerprint density at radius 2 is 1.76 bits per heavy atom. The monoisotopic (exact) mass is 244 g/mol. The number of hydrogen-bond acceptors (Lipinski definition) is 3. The van der Waals surface area contributed by atoms with E-state index in [0.29, 0.717) is 0 Å². The molecule has 0 aliphatic carbocycles. The molecule has 0 aromatic carbocycles. The summed E-state index contributed by atoms with van der Waals surface area (Å²) in [6.07, 6.45) is 2.52. The molecule has 0 aliphatic heterocycles. The van der Waals surface area contributed by atoms with Crippen molar-refractivity contribution >= 4 is 11.9 Å². The number of nitrogens with two attached hydrogens (primary N) is 1. The first-order valence-electron chi connectivity index (χ1n) is 6.02. The summed E-state index contributed by atoms with van der Waals surface area (Å²) in [5.41, 5.74) is 5.63. The van der Waals surface area contributed by atoms with Crippen molar-refractivity contribution in [3.05, 3.63) is 0 Å². The molecule has 0 spiro atoms. The molecule has 3 atom stereocenters. The number of carboxylic acid groups (broad SMARTS) is 1. The second-order valence-electron chi connectivity index (χ2n) is 4.77. The first-order chi connectivity index (χ1) is 7.77. The van der Waals surface area contributed by atoms with Gasteiger partial charge in [-0.25, -0.2) is 4.79 Å². The second-order valence-corrected chi connectivity index (χ2v) is 4.77. The molecule has 0 radical (unpaired) electrons. The second kappa shape index (κ2) is 7.27. The zero-order valence-electron chi connectivity index (χ0n) is 11.1. The van der Waals surface area contributed by atoms with Crippen LogP contribution < -0.4 is 5.73 Å². The first-order valence-corrected chi connectivity index (χ1v) is 6.02. The Kier molecular flexibility index (Phi) is 6.80. The van der Waals surface area contributed by atoms with Crippen molar-refractivity contribution in [1.29, 1.82) is 0 Å². The number of carbonyl (C=O) groups excluding carboxylic acids is 1. The number of carboxylic acids is 1. The third-order valence-corrected chi connectivity index (χ3v) is 3.00. The largest absolute Gasteiger partial charge is 0.480 e. The summed E-state index contributed by atoms with van der Waals surface area (Å²) < 4.78 is 0. The van der Waals surface area contributed by atoms with E-state index in [1.54, 1.807) is 0 Å². The molecule has 5 nitrogen and oxygen atoms in total. The fourth-order valence-corrected chi connectivity index (χ4v) is 1.57. The minimum Gasteiger partial charge on any atom is -0.480 e. The lowest BCUT2D eigenvalue weighted by Crippen LogP contribution is -2.42. The number of hydrogen-bond donors (Lipinski definition) is 2. The topological polar surface area (TPSA) is 83.6 Å². The standard InChI is InChI=1S/C12H24N2O3/c1-8(6-5-7-9(2)13)11(15)14(4)10(3)12(16)17/h8-10H,5-7,13H2,1-4H3,(H,16,17). The molecule has 100 valence electrons. The minimum atomic E-state index is -0.983. The third-order valence-electron chi connectivity index (χ3n) is 3.00. The highest BCUT2D eigenvalue weighted by molar-refractivity contribution is 5.84. The van der Waals surface area contributed by atoms with Gasteiger partial charge in [-0.1, -0.05) is 13.3 Å². The molecule has 5 heteroatoms. The molecule has 0 saturated carbocycles. The maximum absolute atomic E-state index is 11.9. The van der Waals surface area contributed by atoms with Crippen LogP contribution in [0.2, 0.25) is 0 Å². The molecule has 3 unspecified atom stereocenters. The Morgan fingerprint density at radius 1 is 1.24 bits per heavy atom. The fraction of sp³-hybridized carbons (Fsp3) is 0.833. The van der Waals surface area contributed by atoms with Crippen LogP contribution in [0.1, 0.15) is 40.0 Å². The van der Waals surface area contributed by atoms with Gasteiger partial charge in [-0.2, -0.15) is 0 Å². The van der Waals surface area contributed by atoms with Gasteiger partial charge in [0.15, 0.2) is 0 Å². The molecule has 1 amide bonds. The average Bonchev–Trinajstić information content (AvgIpc) is 2.25. The number of aliphatic carboxylic acids is 1. The van der Waals surface area contributed by atoms with E-state index in [4.69, 9.17) is 10.8 Å². The van der Waals surface area contributed by atoms with Crippen LogP contribution in [0.3, 0.4) is 0 Å². The SMILES string of the molecule is CC(N)CCCC(C)C(=O)N(C)C(C)C(=O)O. The van der Waals surface area contributed by atoms with Crippen molar-refractivity contribution < 1.29 is 14.7 Å². The van der Waals surface area contributed by atoms with Gasteiger partial charge in [-0.3, -0.25) is 4.79 Å². The number of likely N-dealkylation sites (N-methyl/N-ethyl adjacent to an activating group) is 1. The highest BCUT2D eigenvalue weighted by Gasteiger charge is 2.25. The summed E-state index contributed by atoms with van der Waals surface area (Å²) in [5.74, 6) is -1.26. The van der Waals surface area contributed by atoms with Crippen molar-refractivity contribution in [3.8, 4) is 0 Å². The van der Waals surface area contributed by atoms with Crippen molar-refractivity contribution in [2.24, 2.45) is 11.7 Å². The maximum atomic E-state index is 11.9. The summed E-state index contributed by atoms with van der Waals surface area (Å²) in [7, 11) is 1.53. The summed E-state index contributed by atoms with van der Waals surface area (Å²) >= 11 is 0. The summed E-state index contributed by atoms with van der Waals surface area (Å²) in [4.78, 5) is 23.9. The van der Waals surface area contributed by atoms with E-state index in [1.807, 2.05) is 13.8 Å². The van der Waals surface area contributed by atoms with Crippen LogP contribution in [0.4, 0.5) is 0 Å². The van der Waals surface area contributed by atoms with Gasteiger partial charge < -0.3 is 15.7 Å². The Bertz CT molecular complexity index is 266. The van der Waals surface area contributed by atoms with Crippen LogP contribution in [0.15, 0.2) is 0 Å². The Morgan fingerprint density at radius 3 is 2.18 bits per heavy atom. The predicted octanol–water partition coefficient (Wildman–Crippen LogP) is 1.07. The van der Waals surface area contributed by atoms with Gasteiger partial charge in [0.05, 0.1) is 0 Å². The van der Waals surface area contributed by atoms with E-state index < -0.39 is 12.0 Å². The van der Waals surface area contributed by atoms with E-state index >= 15 is 0 Å². The molecule has 0 fully saturated rings. The van der Waals surface area contributed by atoms with Gasteiger partial charge in [0.25, 0.3) is 0 Å². The average molecular weight is 244 g/mol. The number of carbonyl (C=O) groups is 2. The van der Waals surface area contributed by atoms with E-state index in [0.717, 1.165) is 19.3 Å². The van der Waals surface area contributed by atoms with Crippen LogP contribution in [0, 0.1) is 5.92 Å². The molecule has 0 rings (SSSR count). The molecule has 0 aromatic rings. The number of amides is 1. The van der Waals surface area contributed by atoms with Crippen LogP contribution in [0.5, 0.6) is 0 Å². The molecule has 0 bridgehead atoms. The molecule has 0 aliphatic rings. The van der Waals surface area contributed by atoms with Crippen molar-refractivity contribution in [3.63, 3.8) is 0 Å².